The van der Waals surface area contributed by atoms with Crippen LogP contribution < -0.4 is 0 Å². The van der Waals surface area contributed by atoms with E-state index < -0.39 is 0 Å². The normalized spacial score (nSPS) is 13.1. The van der Waals surface area contributed by atoms with Gasteiger partial charge in [0.2, 0.25) is 0 Å². The summed E-state index contributed by atoms with van der Waals surface area (Å²) >= 11 is 5.88. The molecule has 0 amide bonds. The van der Waals surface area contributed by atoms with Crippen LogP contribution in [0.3, 0.4) is 0 Å². The van der Waals surface area contributed by atoms with Crippen molar-refractivity contribution in [1.29, 1.82) is 0 Å². The third kappa shape index (κ3) is 4.54. The van der Waals surface area contributed by atoms with Crippen LogP contribution in [0.1, 0.15) is 45.3 Å². The van der Waals surface area contributed by atoms with E-state index in [-0.39, 0.29) is 6.10 Å². The topological polar surface area (TPSA) is 9.23 Å². The Morgan fingerprint density at radius 3 is 2.25 bits per heavy atom. The molecule has 0 spiro atoms. The molecule has 0 fully saturated rings. The monoisotopic (exact) mass is 240 g/mol. The van der Waals surface area contributed by atoms with Crippen LogP contribution in [0.25, 0.3) is 0 Å². The van der Waals surface area contributed by atoms with Crippen LogP contribution in [-0.4, -0.2) is 6.61 Å². The molecule has 1 nitrogen and oxygen atoms in total. The minimum Gasteiger partial charge on any atom is -0.374 e. The summed E-state index contributed by atoms with van der Waals surface area (Å²) in [6.07, 6.45) is 2.48. The maximum Gasteiger partial charge on any atom is 0.0824 e. The van der Waals surface area contributed by atoms with Gasteiger partial charge in [0, 0.05) is 11.6 Å². The van der Waals surface area contributed by atoms with Gasteiger partial charge >= 0.3 is 0 Å². The molecule has 16 heavy (non-hydrogen) atoms. The van der Waals surface area contributed by atoms with Gasteiger partial charge in [-0.1, -0.05) is 37.6 Å². The Morgan fingerprint density at radius 2 is 1.75 bits per heavy atom. The molecule has 2 heteroatoms. The van der Waals surface area contributed by atoms with Crippen LogP contribution in [0.4, 0.5) is 0 Å². The van der Waals surface area contributed by atoms with E-state index in [4.69, 9.17) is 16.3 Å². The van der Waals surface area contributed by atoms with Gasteiger partial charge in [-0.15, -0.1) is 0 Å². The highest BCUT2D eigenvalue weighted by atomic mass is 35.5. The summed E-state index contributed by atoms with van der Waals surface area (Å²) in [5.74, 6) is 0.718. The van der Waals surface area contributed by atoms with E-state index >= 15 is 0 Å². The molecule has 0 heterocycles. The molecule has 90 valence electrons. The molecule has 0 saturated heterocycles. The Morgan fingerprint density at radius 1 is 1.12 bits per heavy atom. The number of hydrogen-bond acceptors (Lipinski definition) is 1. The van der Waals surface area contributed by atoms with Crippen molar-refractivity contribution in [3.8, 4) is 0 Å². The third-order valence-corrected chi connectivity index (χ3v) is 2.87. The van der Waals surface area contributed by atoms with Gasteiger partial charge in [-0.3, -0.25) is 0 Å². The second kappa shape index (κ2) is 6.93. The van der Waals surface area contributed by atoms with E-state index in [1.54, 1.807) is 0 Å². The van der Waals surface area contributed by atoms with Crippen molar-refractivity contribution in [3.05, 3.63) is 34.9 Å². The Bertz CT molecular complexity index is 292. The maximum atomic E-state index is 5.88. The summed E-state index contributed by atoms with van der Waals surface area (Å²) in [7, 11) is 0. The zero-order valence-corrected chi connectivity index (χ0v) is 11.1. The summed E-state index contributed by atoms with van der Waals surface area (Å²) in [6.45, 7) is 7.28. The van der Waals surface area contributed by atoms with Crippen LogP contribution in [0.15, 0.2) is 24.3 Å². The predicted octanol–water partition coefficient (Wildman–Crippen LogP) is 4.85. The molecule has 1 aromatic rings. The van der Waals surface area contributed by atoms with Crippen molar-refractivity contribution in [2.45, 2.75) is 39.7 Å². The second-order valence-corrected chi connectivity index (χ2v) is 4.90. The fourth-order valence-corrected chi connectivity index (χ4v) is 1.84. The van der Waals surface area contributed by atoms with Crippen LogP contribution >= 0.6 is 11.6 Å². The SMILES string of the molecule is CCOC(CCC(C)C)c1ccc(Cl)cc1. The Hall–Kier alpha value is -0.530. The lowest BCUT2D eigenvalue weighted by Crippen LogP contribution is -2.05. The van der Waals surface area contributed by atoms with Gasteiger partial charge in [0.25, 0.3) is 0 Å². The maximum absolute atomic E-state index is 5.88. The predicted molar refractivity (Wildman–Crippen MR) is 69.9 cm³/mol. The quantitative estimate of drug-likeness (QED) is 0.691. The van der Waals surface area contributed by atoms with E-state index in [1.165, 1.54) is 12.0 Å². The van der Waals surface area contributed by atoms with Gasteiger partial charge in [0.15, 0.2) is 0 Å². The smallest absolute Gasteiger partial charge is 0.0824 e. The van der Waals surface area contributed by atoms with Crippen molar-refractivity contribution < 1.29 is 4.74 Å². The first kappa shape index (κ1) is 13.5. The van der Waals surface area contributed by atoms with Gasteiger partial charge < -0.3 is 4.74 Å². The van der Waals surface area contributed by atoms with Crippen molar-refractivity contribution in [3.63, 3.8) is 0 Å². The second-order valence-electron chi connectivity index (χ2n) is 4.47. The standard InChI is InChI=1S/C14H21ClO/c1-4-16-14(10-5-11(2)3)12-6-8-13(15)9-7-12/h6-9,11,14H,4-5,10H2,1-3H3. The Kier molecular flexibility index (Phi) is 5.86. The van der Waals surface area contributed by atoms with Crippen LogP contribution in [-0.2, 0) is 4.74 Å². The minimum absolute atomic E-state index is 0.213. The van der Waals surface area contributed by atoms with Crippen molar-refractivity contribution >= 4 is 11.6 Å². The first-order chi connectivity index (χ1) is 7.63. The Labute approximate surface area is 104 Å². The van der Waals surface area contributed by atoms with E-state index in [2.05, 4.69) is 26.0 Å². The van der Waals surface area contributed by atoms with E-state index in [1.807, 2.05) is 19.1 Å². The zero-order valence-electron chi connectivity index (χ0n) is 10.4. The van der Waals surface area contributed by atoms with Gasteiger partial charge in [0.1, 0.15) is 0 Å². The molecule has 0 aliphatic heterocycles. The summed E-state index contributed by atoms with van der Waals surface area (Å²) in [5.41, 5.74) is 1.23. The average molecular weight is 241 g/mol. The third-order valence-electron chi connectivity index (χ3n) is 2.62. The fourth-order valence-electron chi connectivity index (χ4n) is 1.71. The summed E-state index contributed by atoms with van der Waals surface area (Å²) in [4.78, 5) is 0. The van der Waals surface area contributed by atoms with Crippen molar-refractivity contribution in [1.82, 2.24) is 0 Å². The molecule has 0 radical (unpaired) electrons. The van der Waals surface area contributed by atoms with E-state index in [9.17, 15) is 0 Å². The molecule has 0 N–H and O–H groups in total. The van der Waals surface area contributed by atoms with E-state index in [0.29, 0.717) is 0 Å². The van der Waals surface area contributed by atoms with Crippen LogP contribution in [0.5, 0.6) is 0 Å². The summed E-state index contributed by atoms with van der Waals surface area (Å²) in [6, 6.07) is 7.97. The van der Waals surface area contributed by atoms with Gasteiger partial charge in [-0.2, -0.15) is 0 Å². The van der Waals surface area contributed by atoms with E-state index in [0.717, 1.165) is 24.0 Å². The first-order valence-electron chi connectivity index (χ1n) is 6.00. The highest BCUT2D eigenvalue weighted by molar-refractivity contribution is 6.30. The number of hydrogen-bond donors (Lipinski definition) is 0. The lowest BCUT2D eigenvalue weighted by Gasteiger charge is -2.18. The largest absolute Gasteiger partial charge is 0.374 e. The lowest BCUT2D eigenvalue weighted by atomic mass is 10.00. The highest BCUT2D eigenvalue weighted by Gasteiger charge is 2.11. The van der Waals surface area contributed by atoms with Crippen molar-refractivity contribution in [2.75, 3.05) is 6.61 Å². The molecule has 1 atom stereocenters. The number of benzene rings is 1. The van der Waals surface area contributed by atoms with Crippen molar-refractivity contribution in [2.24, 2.45) is 5.92 Å². The number of ether oxygens (including phenoxy) is 1. The molecule has 0 aliphatic carbocycles. The average Bonchev–Trinajstić information content (AvgIpc) is 2.25. The molecule has 1 unspecified atom stereocenters. The number of rotatable bonds is 6. The molecule has 0 aromatic heterocycles. The zero-order chi connectivity index (χ0) is 12.0. The lowest BCUT2D eigenvalue weighted by molar-refractivity contribution is 0.0523. The molecule has 1 rings (SSSR count). The minimum atomic E-state index is 0.213. The highest BCUT2D eigenvalue weighted by Crippen LogP contribution is 2.25. The van der Waals surface area contributed by atoms with Crippen LogP contribution in [0.2, 0.25) is 5.02 Å². The fraction of sp³-hybridized carbons (Fsp3) is 0.571. The molecule has 0 saturated carbocycles. The van der Waals surface area contributed by atoms with Gasteiger partial charge in [-0.05, 0) is 43.4 Å². The molecule has 1 aromatic carbocycles. The molecule has 0 bridgehead atoms. The summed E-state index contributed by atoms with van der Waals surface area (Å²) in [5, 5.41) is 0.780. The van der Waals surface area contributed by atoms with Gasteiger partial charge in [0.05, 0.1) is 6.10 Å². The molecular weight excluding hydrogens is 220 g/mol. The van der Waals surface area contributed by atoms with Crippen LogP contribution in [0, 0.1) is 5.92 Å². The first-order valence-corrected chi connectivity index (χ1v) is 6.38. The number of halogens is 1. The molecular formula is C14H21ClO. The molecule has 0 aliphatic rings. The van der Waals surface area contributed by atoms with Gasteiger partial charge in [-0.25, -0.2) is 0 Å². The summed E-state index contributed by atoms with van der Waals surface area (Å²) < 4.78 is 5.78. The Balaban J connectivity index is 2.64.